The Morgan fingerprint density at radius 1 is 1.58 bits per heavy atom. The molecule has 0 bridgehead atoms. The lowest BCUT2D eigenvalue weighted by molar-refractivity contribution is -0.126. The van der Waals surface area contributed by atoms with Crippen LogP contribution in [0.2, 0.25) is 5.02 Å². The number of hydrogen-bond donors (Lipinski definition) is 2. The van der Waals surface area contributed by atoms with Crippen molar-refractivity contribution < 1.29 is 4.79 Å². The van der Waals surface area contributed by atoms with E-state index in [1.165, 1.54) is 0 Å². The lowest BCUT2D eigenvalue weighted by atomic mass is 9.78. The highest BCUT2D eigenvalue weighted by molar-refractivity contribution is 6.31. The Morgan fingerprint density at radius 3 is 2.74 bits per heavy atom. The summed E-state index contributed by atoms with van der Waals surface area (Å²) in [6.45, 7) is 3.86. The average molecular weight is 285 g/mol. The summed E-state index contributed by atoms with van der Waals surface area (Å²) in [5, 5.41) is 8.31. The van der Waals surface area contributed by atoms with Gasteiger partial charge in [0, 0.05) is 0 Å². The number of nitrogens with one attached hydrogen (secondary N) is 1. The van der Waals surface area contributed by atoms with Gasteiger partial charge in [0.2, 0.25) is 5.91 Å². The number of aryl methyl sites for hydroxylation is 1. The number of primary amides is 1. The first kappa shape index (κ1) is 14.3. The van der Waals surface area contributed by atoms with E-state index in [-0.39, 0.29) is 11.9 Å². The van der Waals surface area contributed by atoms with Crippen LogP contribution in [0.3, 0.4) is 0 Å². The number of rotatable bonds is 3. The zero-order chi connectivity index (χ0) is 14.2. The second-order valence-electron chi connectivity index (χ2n) is 5.38. The van der Waals surface area contributed by atoms with Crippen molar-refractivity contribution in [1.82, 2.24) is 15.1 Å². The van der Waals surface area contributed by atoms with Gasteiger partial charge in [0.15, 0.2) is 0 Å². The lowest BCUT2D eigenvalue weighted by Gasteiger charge is -2.38. The molecule has 6 heteroatoms. The monoisotopic (exact) mass is 284 g/mol. The summed E-state index contributed by atoms with van der Waals surface area (Å²) < 4.78 is 1.95. The van der Waals surface area contributed by atoms with E-state index < -0.39 is 5.54 Å². The van der Waals surface area contributed by atoms with Gasteiger partial charge >= 0.3 is 0 Å². The minimum atomic E-state index is -0.623. The summed E-state index contributed by atoms with van der Waals surface area (Å²) in [4.78, 5) is 11.7. The molecule has 1 aliphatic rings. The summed E-state index contributed by atoms with van der Waals surface area (Å²) in [5.41, 5.74) is 6.74. The molecular weight excluding hydrogens is 264 g/mol. The second kappa shape index (κ2) is 5.13. The molecule has 2 rings (SSSR count). The predicted molar refractivity (Wildman–Crippen MR) is 75.2 cm³/mol. The topological polar surface area (TPSA) is 72.9 Å². The van der Waals surface area contributed by atoms with Gasteiger partial charge in [0.05, 0.1) is 28.0 Å². The minimum Gasteiger partial charge on any atom is -0.368 e. The molecule has 2 unspecified atom stereocenters. The van der Waals surface area contributed by atoms with Crippen LogP contribution in [0, 0.1) is 13.8 Å². The van der Waals surface area contributed by atoms with Crippen LogP contribution in [0.5, 0.6) is 0 Å². The number of carbonyl (C=O) groups excluding carboxylic acids is 1. The summed E-state index contributed by atoms with van der Waals surface area (Å²) in [7, 11) is 1.79. The lowest BCUT2D eigenvalue weighted by Crippen LogP contribution is -2.56. The molecule has 0 radical (unpaired) electrons. The van der Waals surface area contributed by atoms with E-state index in [2.05, 4.69) is 10.4 Å². The van der Waals surface area contributed by atoms with Crippen molar-refractivity contribution in [3.63, 3.8) is 0 Å². The van der Waals surface area contributed by atoms with Crippen molar-refractivity contribution in [2.24, 2.45) is 5.73 Å². The average Bonchev–Trinajstić information content (AvgIpc) is 2.66. The molecule has 1 heterocycles. The van der Waals surface area contributed by atoms with Crippen LogP contribution in [-0.2, 0) is 4.79 Å². The predicted octanol–water partition coefficient (Wildman–Crippen LogP) is 1.71. The first-order valence-corrected chi connectivity index (χ1v) is 6.99. The number of likely N-dealkylation sites (N-methyl/N-ethyl adjacent to an activating group) is 1. The Morgan fingerprint density at radius 2 is 2.26 bits per heavy atom. The summed E-state index contributed by atoms with van der Waals surface area (Å²) in [5.74, 6) is -0.285. The van der Waals surface area contributed by atoms with Gasteiger partial charge in [0.1, 0.15) is 0 Å². The maximum atomic E-state index is 11.7. The maximum absolute atomic E-state index is 11.7. The standard InChI is InChI=1S/C13H21ClN4O/c1-8-11(14)9(2)18(17-8)10-5-4-6-13(7-10,16-3)12(15)19/h10,16H,4-7H2,1-3H3,(H2,15,19). The molecule has 3 N–H and O–H groups in total. The number of carbonyl (C=O) groups is 1. The third-order valence-corrected chi connectivity index (χ3v) is 4.80. The van der Waals surface area contributed by atoms with Gasteiger partial charge in [-0.3, -0.25) is 9.48 Å². The quantitative estimate of drug-likeness (QED) is 0.887. The largest absolute Gasteiger partial charge is 0.368 e. The maximum Gasteiger partial charge on any atom is 0.237 e. The summed E-state index contributed by atoms with van der Waals surface area (Å²) >= 11 is 6.19. The smallest absolute Gasteiger partial charge is 0.237 e. The molecule has 5 nitrogen and oxygen atoms in total. The summed E-state index contributed by atoms with van der Waals surface area (Å²) in [6.07, 6.45) is 3.39. The van der Waals surface area contributed by atoms with Gasteiger partial charge in [-0.25, -0.2) is 0 Å². The molecule has 0 spiro atoms. The zero-order valence-electron chi connectivity index (χ0n) is 11.7. The molecule has 106 valence electrons. The van der Waals surface area contributed by atoms with Gasteiger partial charge in [-0.05, 0) is 46.6 Å². The van der Waals surface area contributed by atoms with Crippen LogP contribution in [0.25, 0.3) is 0 Å². The molecule has 0 saturated heterocycles. The van der Waals surface area contributed by atoms with E-state index in [0.717, 1.165) is 30.7 Å². The van der Waals surface area contributed by atoms with E-state index in [0.29, 0.717) is 11.4 Å². The van der Waals surface area contributed by atoms with Crippen molar-refractivity contribution >= 4 is 17.5 Å². The fourth-order valence-electron chi connectivity index (χ4n) is 3.03. The van der Waals surface area contributed by atoms with E-state index in [1.54, 1.807) is 7.05 Å². The normalized spacial score (nSPS) is 27.5. The van der Waals surface area contributed by atoms with E-state index >= 15 is 0 Å². The number of amides is 1. The van der Waals surface area contributed by atoms with Crippen LogP contribution in [0.4, 0.5) is 0 Å². The molecule has 19 heavy (non-hydrogen) atoms. The highest BCUT2D eigenvalue weighted by Gasteiger charge is 2.41. The Kier molecular flexibility index (Phi) is 3.87. The van der Waals surface area contributed by atoms with Crippen molar-refractivity contribution in [2.75, 3.05) is 7.05 Å². The highest BCUT2D eigenvalue weighted by atomic mass is 35.5. The molecule has 1 aliphatic carbocycles. The van der Waals surface area contributed by atoms with E-state index in [9.17, 15) is 4.79 Å². The van der Waals surface area contributed by atoms with E-state index in [1.807, 2.05) is 18.5 Å². The summed E-state index contributed by atoms with van der Waals surface area (Å²) in [6, 6.07) is 0.167. The molecule has 0 aromatic carbocycles. The molecule has 0 aliphatic heterocycles. The molecule has 2 atom stereocenters. The van der Waals surface area contributed by atoms with Gasteiger partial charge in [-0.15, -0.1) is 0 Å². The molecule has 1 amide bonds. The van der Waals surface area contributed by atoms with Gasteiger partial charge in [-0.2, -0.15) is 5.10 Å². The van der Waals surface area contributed by atoms with Gasteiger partial charge in [0.25, 0.3) is 0 Å². The first-order valence-electron chi connectivity index (χ1n) is 6.61. The molecular formula is C13H21ClN4O. The molecule has 1 saturated carbocycles. The van der Waals surface area contributed by atoms with Gasteiger partial charge in [-0.1, -0.05) is 11.6 Å². The van der Waals surface area contributed by atoms with Crippen LogP contribution >= 0.6 is 11.6 Å². The van der Waals surface area contributed by atoms with Crippen molar-refractivity contribution in [3.8, 4) is 0 Å². The molecule has 1 aromatic heterocycles. The molecule has 1 aromatic rings. The van der Waals surface area contributed by atoms with Crippen molar-refractivity contribution in [3.05, 3.63) is 16.4 Å². The first-order chi connectivity index (χ1) is 8.91. The molecule has 1 fully saturated rings. The van der Waals surface area contributed by atoms with Crippen LogP contribution in [-0.4, -0.2) is 28.3 Å². The van der Waals surface area contributed by atoms with Crippen LogP contribution < -0.4 is 11.1 Å². The fourth-order valence-corrected chi connectivity index (χ4v) is 3.15. The van der Waals surface area contributed by atoms with Crippen molar-refractivity contribution in [1.29, 1.82) is 0 Å². The third kappa shape index (κ3) is 2.37. The van der Waals surface area contributed by atoms with Gasteiger partial charge < -0.3 is 11.1 Å². The SMILES string of the molecule is CNC1(C(N)=O)CCCC(n2nc(C)c(Cl)c2C)C1. The number of hydrogen-bond acceptors (Lipinski definition) is 3. The number of aromatic nitrogens is 2. The fraction of sp³-hybridized carbons (Fsp3) is 0.692. The Balaban J connectivity index is 2.31. The number of halogens is 1. The van der Waals surface area contributed by atoms with Crippen LogP contribution in [0.1, 0.15) is 43.1 Å². The minimum absolute atomic E-state index is 0.167. The Bertz CT molecular complexity index is 499. The Labute approximate surface area is 118 Å². The number of nitrogens with zero attached hydrogens (tertiary/aromatic N) is 2. The zero-order valence-corrected chi connectivity index (χ0v) is 12.4. The van der Waals surface area contributed by atoms with E-state index in [4.69, 9.17) is 17.3 Å². The third-order valence-electron chi connectivity index (χ3n) is 4.26. The number of nitrogens with two attached hydrogens (primary N) is 1. The Hall–Kier alpha value is -1.07. The second-order valence-corrected chi connectivity index (χ2v) is 5.75. The van der Waals surface area contributed by atoms with Crippen molar-refractivity contribution in [2.45, 2.75) is 51.1 Å². The van der Waals surface area contributed by atoms with Crippen LogP contribution in [0.15, 0.2) is 0 Å². The highest BCUT2D eigenvalue weighted by Crippen LogP contribution is 2.37.